The zero-order valence-electron chi connectivity index (χ0n) is 11.8. The second-order valence-electron chi connectivity index (χ2n) is 6.29. The van der Waals surface area contributed by atoms with Crippen molar-refractivity contribution in [2.45, 2.75) is 39.5 Å². The van der Waals surface area contributed by atoms with Crippen molar-refractivity contribution in [3.63, 3.8) is 0 Å². The fraction of sp³-hybridized carbons (Fsp3) is 0.625. The monoisotopic (exact) mass is 283 g/mol. The van der Waals surface area contributed by atoms with E-state index in [2.05, 4.69) is 19.2 Å². The topological polar surface area (TPSA) is 12.0 Å². The Balaban J connectivity index is 1.98. The predicted octanol–water partition coefficient (Wildman–Crippen LogP) is 4.44. The smallest absolute Gasteiger partial charge is 0.124 e. The highest BCUT2D eigenvalue weighted by Gasteiger charge is 2.37. The van der Waals surface area contributed by atoms with Crippen molar-refractivity contribution < 1.29 is 4.39 Å². The molecule has 0 spiro atoms. The van der Waals surface area contributed by atoms with E-state index in [0.29, 0.717) is 16.4 Å². The van der Waals surface area contributed by atoms with Crippen LogP contribution >= 0.6 is 11.6 Å². The van der Waals surface area contributed by atoms with Gasteiger partial charge in [0.05, 0.1) is 0 Å². The van der Waals surface area contributed by atoms with Gasteiger partial charge in [-0.1, -0.05) is 37.9 Å². The molecule has 106 valence electrons. The first-order valence-corrected chi connectivity index (χ1v) is 7.53. The first kappa shape index (κ1) is 14.8. The first-order chi connectivity index (χ1) is 9.01. The first-order valence-electron chi connectivity index (χ1n) is 7.15. The number of hydrogen-bond acceptors (Lipinski definition) is 1. The third-order valence-corrected chi connectivity index (χ3v) is 4.40. The van der Waals surface area contributed by atoms with Gasteiger partial charge >= 0.3 is 0 Å². The number of hydrogen-bond donors (Lipinski definition) is 1. The summed E-state index contributed by atoms with van der Waals surface area (Å²) in [6, 6.07) is 4.76. The Labute approximate surface area is 120 Å². The van der Waals surface area contributed by atoms with E-state index in [4.69, 9.17) is 11.6 Å². The van der Waals surface area contributed by atoms with Crippen molar-refractivity contribution in [1.29, 1.82) is 0 Å². The summed E-state index contributed by atoms with van der Waals surface area (Å²) in [6.45, 7) is 6.53. The molecule has 0 bridgehead atoms. The lowest BCUT2D eigenvalue weighted by Gasteiger charge is -2.43. The van der Waals surface area contributed by atoms with Crippen molar-refractivity contribution in [2.75, 3.05) is 13.1 Å². The van der Waals surface area contributed by atoms with E-state index in [0.717, 1.165) is 25.1 Å². The Bertz CT molecular complexity index is 427. The van der Waals surface area contributed by atoms with Crippen molar-refractivity contribution in [3.8, 4) is 0 Å². The molecule has 0 saturated heterocycles. The summed E-state index contributed by atoms with van der Waals surface area (Å²) in [5, 5.41) is 4.13. The van der Waals surface area contributed by atoms with Crippen LogP contribution in [0.3, 0.4) is 0 Å². The van der Waals surface area contributed by atoms with Gasteiger partial charge in [0.2, 0.25) is 0 Å². The van der Waals surface area contributed by atoms with E-state index in [1.165, 1.54) is 31.4 Å². The third-order valence-electron chi connectivity index (χ3n) is 4.05. The third kappa shape index (κ3) is 3.93. The molecule has 1 fully saturated rings. The Morgan fingerprint density at radius 3 is 2.63 bits per heavy atom. The maximum absolute atomic E-state index is 13.1. The van der Waals surface area contributed by atoms with E-state index in [1.54, 1.807) is 0 Å². The lowest BCUT2D eigenvalue weighted by Crippen LogP contribution is -2.42. The summed E-state index contributed by atoms with van der Waals surface area (Å²) < 4.78 is 13.1. The van der Waals surface area contributed by atoms with Crippen molar-refractivity contribution in [2.24, 2.45) is 11.3 Å². The largest absolute Gasteiger partial charge is 0.316 e. The molecule has 1 N–H and O–H groups in total. The molecule has 1 saturated carbocycles. The molecule has 2 rings (SSSR count). The summed E-state index contributed by atoms with van der Waals surface area (Å²) >= 11 is 6.14. The van der Waals surface area contributed by atoms with Gasteiger partial charge in [0.1, 0.15) is 5.82 Å². The summed E-state index contributed by atoms with van der Waals surface area (Å²) in [6.07, 6.45) is 4.73. The van der Waals surface area contributed by atoms with E-state index >= 15 is 0 Å². The van der Waals surface area contributed by atoms with Crippen molar-refractivity contribution in [3.05, 3.63) is 34.6 Å². The Morgan fingerprint density at radius 1 is 1.37 bits per heavy atom. The second-order valence-corrected chi connectivity index (χ2v) is 6.70. The highest BCUT2D eigenvalue weighted by molar-refractivity contribution is 6.31. The van der Waals surface area contributed by atoms with Crippen LogP contribution in [0.2, 0.25) is 5.02 Å². The predicted molar refractivity (Wildman–Crippen MR) is 79.1 cm³/mol. The van der Waals surface area contributed by atoms with Crippen molar-refractivity contribution >= 4 is 11.6 Å². The summed E-state index contributed by atoms with van der Waals surface area (Å²) in [4.78, 5) is 0. The minimum atomic E-state index is -0.255. The van der Waals surface area contributed by atoms with Gasteiger partial charge in [-0.15, -0.1) is 0 Å². The standard InChI is InChI=1S/C16H23ClFN/c1-12(2)10-19-11-16(6-3-7-16)9-13-4-5-14(18)8-15(13)17/h4-5,8,12,19H,3,6-7,9-11H2,1-2H3. The maximum atomic E-state index is 13.1. The van der Waals surface area contributed by atoms with Crippen LogP contribution in [0, 0.1) is 17.2 Å². The number of rotatable bonds is 6. The minimum Gasteiger partial charge on any atom is -0.316 e. The molecule has 0 unspecified atom stereocenters. The van der Waals surface area contributed by atoms with Crippen LogP contribution in [0.1, 0.15) is 38.7 Å². The van der Waals surface area contributed by atoms with Gasteiger partial charge in [-0.2, -0.15) is 0 Å². The van der Waals surface area contributed by atoms with Gasteiger partial charge in [-0.05, 0) is 54.8 Å². The minimum absolute atomic E-state index is 0.255. The van der Waals surface area contributed by atoms with E-state index in [-0.39, 0.29) is 5.82 Å². The van der Waals surface area contributed by atoms with Gasteiger partial charge in [0.25, 0.3) is 0 Å². The summed E-state index contributed by atoms with van der Waals surface area (Å²) in [7, 11) is 0. The van der Waals surface area contributed by atoms with Crippen LogP contribution in [0.4, 0.5) is 4.39 Å². The van der Waals surface area contributed by atoms with Crippen LogP contribution in [-0.2, 0) is 6.42 Å². The molecule has 1 nitrogen and oxygen atoms in total. The molecule has 1 aliphatic carbocycles. The van der Waals surface area contributed by atoms with E-state index in [9.17, 15) is 4.39 Å². The Morgan fingerprint density at radius 2 is 2.11 bits per heavy atom. The number of benzene rings is 1. The fourth-order valence-corrected chi connectivity index (χ4v) is 3.02. The summed E-state index contributed by atoms with van der Waals surface area (Å²) in [5.41, 5.74) is 1.41. The lowest BCUT2D eigenvalue weighted by atomic mass is 9.65. The molecule has 0 aliphatic heterocycles. The average Bonchev–Trinajstić information content (AvgIpc) is 2.28. The molecule has 0 heterocycles. The van der Waals surface area contributed by atoms with Gasteiger partial charge in [0, 0.05) is 11.6 Å². The van der Waals surface area contributed by atoms with Crippen LogP contribution < -0.4 is 5.32 Å². The quantitative estimate of drug-likeness (QED) is 0.814. The van der Waals surface area contributed by atoms with Crippen molar-refractivity contribution in [1.82, 2.24) is 5.32 Å². The van der Waals surface area contributed by atoms with E-state index in [1.807, 2.05) is 6.07 Å². The SMILES string of the molecule is CC(C)CNCC1(Cc2ccc(F)cc2Cl)CCC1. The number of halogens is 2. The molecule has 0 aromatic heterocycles. The Hall–Kier alpha value is -0.600. The molecule has 19 heavy (non-hydrogen) atoms. The molecule has 0 atom stereocenters. The van der Waals surface area contributed by atoms with Gasteiger partial charge < -0.3 is 5.32 Å². The summed E-state index contributed by atoms with van der Waals surface area (Å²) in [5.74, 6) is 0.417. The van der Waals surface area contributed by atoms with Crippen LogP contribution in [0.5, 0.6) is 0 Å². The van der Waals surface area contributed by atoms with Gasteiger partial charge in [-0.3, -0.25) is 0 Å². The molecular formula is C16H23ClFN. The highest BCUT2D eigenvalue weighted by Crippen LogP contribution is 2.44. The lowest BCUT2D eigenvalue weighted by molar-refractivity contribution is 0.129. The highest BCUT2D eigenvalue weighted by atomic mass is 35.5. The molecule has 3 heteroatoms. The molecule has 0 radical (unpaired) electrons. The fourth-order valence-electron chi connectivity index (χ4n) is 2.79. The van der Waals surface area contributed by atoms with Gasteiger partial charge in [0.15, 0.2) is 0 Å². The van der Waals surface area contributed by atoms with E-state index < -0.39 is 0 Å². The second kappa shape index (κ2) is 6.23. The van der Waals surface area contributed by atoms with Crippen LogP contribution in [-0.4, -0.2) is 13.1 Å². The molecule has 1 aliphatic rings. The average molecular weight is 284 g/mol. The maximum Gasteiger partial charge on any atom is 0.124 e. The Kier molecular flexibility index (Phi) is 4.86. The van der Waals surface area contributed by atoms with Gasteiger partial charge in [-0.25, -0.2) is 4.39 Å². The molecular weight excluding hydrogens is 261 g/mol. The number of nitrogens with one attached hydrogen (secondary N) is 1. The van der Waals surface area contributed by atoms with Crippen LogP contribution in [0.25, 0.3) is 0 Å². The zero-order chi connectivity index (χ0) is 13.9. The molecule has 0 amide bonds. The zero-order valence-corrected chi connectivity index (χ0v) is 12.6. The normalized spacial score (nSPS) is 17.5. The van der Waals surface area contributed by atoms with Crippen LogP contribution in [0.15, 0.2) is 18.2 Å². The molecule has 1 aromatic rings. The molecule has 1 aromatic carbocycles.